The van der Waals surface area contributed by atoms with Gasteiger partial charge in [-0.3, -0.25) is 0 Å². The van der Waals surface area contributed by atoms with E-state index in [1.807, 2.05) is 54.6 Å². The Morgan fingerprint density at radius 3 is 2.33 bits per heavy atom. The summed E-state index contributed by atoms with van der Waals surface area (Å²) in [6.07, 6.45) is -1.96. The standard InChI is InChI=1S/C27H26ClN3O5/c1-3-35-27(33)23-26(31(30-29-23)17-18-9-15-22(34-2)16-10-18)36-25(20-7-5-4-6-8-20)24(32)19-11-13-21(28)14-12-19/h4-16,24-25,32H,3,17H2,1-2H3. The molecule has 36 heavy (non-hydrogen) atoms. The number of benzene rings is 3. The zero-order valence-corrected chi connectivity index (χ0v) is 20.6. The monoisotopic (exact) mass is 507 g/mol. The summed E-state index contributed by atoms with van der Waals surface area (Å²) in [4.78, 5) is 12.7. The molecule has 0 fully saturated rings. The van der Waals surface area contributed by atoms with E-state index in [2.05, 4.69) is 10.3 Å². The van der Waals surface area contributed by atoms with E-state index >= 15 is 0 Å². The molecule has 1 aromatic heterocycles. The van der Waals surface area contributed by atoms with E-state index in [0.29, 0.717) is 16.1 Å². The van der Waals surface area contributed by atoms with Crippen LogP contribution in [0.25, 0.3) is 0 Å². The summed E-state index contributed by atoms with van der Waals surface area (Å²) < 4.78 is 18.2. The van der Waals surface area contributed by atoms with Crippen molar-refractivity contribution in [1.29, 1.82) is 0 Å². The van der Waals surface area contributed by atoms with E-state index in [0.717, 1.165) is 11.3 Å². The molecule has 0 aliphatic rings. The highest BCUT2D eigenvalue weighted by Crippen LogP contribution is 2.35. The van der Waals surface area contributed by atoms with Crippen molar-refractivity contribution in [2.24, 2.45) is 0 Å². The van der Waals surface area contributed by atoms with Crippen LogP contribution in [0.4, 0.5) is 0 Å². The molecule has 8 nitrogen and oxygen atoms in total. The number of carbonyl (C=O) groups is 1. The molecule has 0 saturated heterocycles. The Bertz CT molecular complexity index is 1280. The average Bonchev–Trinajstić information content (AvgIpc) is 3.30. The smallest absolute Gasteiger partial charge is 0.364 e. The minimum Gasteiger partial charge on any atom is -0.497 e. The summed E-state index contributed by atoms with van der Waals surface area (Å²) in [6.45, 7) is 2.14. The molecule has 3 aromatic carbocycles. The van der Waals surface area contributed by atoms with Crippen molar-refractivity contribution in [2.45, 2.75) is 25.7 Å². The molecule has 0 saturated carbocycles. The molecule has 1 heterocycles. The number of hydrogen-bond acceptors (Lipinski definition) is 7. The Morgan fingerprint density at radius 2 is 1.69 bits per heavy atom. The molecule has 2 unspecified atom stereocenters. The normalized spacial score (nSPS) is 12.6. The first kappa shape index (κ1) is 25.2. The van der Waals surface area contributed by atoms with Crippen molar-refractivity contribution in [1.82, 2.24) is 15.0 Å². The molecule has 0 aliphatic carbocycles. The van der Waals surface area contributed by atoms with Crippen LogP contribution in [0.3, 0.4) is 0 Å². The predicted octanol–water partition coefficient (Wildman–Crippen LogP) is 5.02. The SMILES string of the molecule is CCOC(=O)c1nnn(Cc2ccc(OC)cc2)c1OC(c1ccccc1)C(O)c1ccc(Cl)cc1. The minimum atomic E-state index is -1.08. The summed E-state index contributed by atoms with van der Waals surface area (Å²) in [5, 5.41) is 20.1. The first-order chi connectivity index (χ1) is 17.5. The van der Waals surface area contributed by atoms with Crippen molar-refractivity contribution in [3.05, 3.63) is 106 Å². The number of aliphatic hydroxyl groups excluding tert-OH is 1. The summed E-state index contributed by atoms with van der Waals surface area (Å²) in [5.41, 5.74) is 2.11. The van der Waals surface area contributed by atoms with Gasteiger partial charge in [0.05, 0.1) is 20.3 Å². The van der Waals surface area contributed by atoms with Gasteiger partial charge in [0.2, 0.25) is 11.6 Å². The lowest BCUT2D eigenvalue weighted by Crippen LogP contribution is -2.20. The van der Waals surface area contributed by atoms with Crippen LogP contribution in [-0.4, -0.2) is 39.8 Å². The maximum absolute atomic E-state index is 12.7. The third-order valence-electron chi connectivity index (χ3n) is 5.51. The largest absolute Gasteiger partial charge is 0.497 e. The van der Waals surface area contributed by atoms with Gasteiger partial charge in [0.15, 0.2) is 6.10 Å². The second-order valence-electron chi connectivity index (χ2n) is 7.91. The number of nitrogens with zero attached hydrogens (tertiary/aromatic N) is 3. The highest BCUT2D eigenvalue weighted by molar-refractivity contribution is 6.30. The molecular weight excluding hydrogens is 482 g/mol. The fourth-order valence-corrected chi connectivity index (χ4v) is 3.79. The Labute approximate surface area is 214 Å². The third-order valence-corrected chi connectivity index (χ3v) is 5.77. The molecular formula is C27H26ClN3O5. The number of carbonyl (C=O) groups excluding carboxylic acids is 1. The maximum Gasteiger partial charge on any atom is 0.364 e. The summed E-state index contributed by atoms with van der Waals surface area (Å²) in [5.74, 6) is 0.142. The average molecular weight is 508 g/mol. The molecule has 9 heteroatoms. The lowest BCUT2D eigenvalue weighted by molar-refractivity contribution is 0.0259. The number of hydrogen-bond donors (Lipinski definition) is 1. The molecule has 0 aliphatic heterocycles. The predicted molar refractivity (Wildman–Crippen MR) is 134 cm³/mol. The molecule has 4 aromatic rings. The van der Waals surface area contributed by atoms with Gasteiger partial charge in [-0.1, -0.05) is 71.4 Å². The van der Waals surface area contributed by atoms with Crippen molar-refractivity contribution in [3.63, 3.8) is 0 Å². The van der Waals surface area contributed by atoms with Gasteiger partial charge in [0, 0.05) is 5.02 Å². The first-order valence-corrected chi connectivity index (χ1v) is 11.8. The fourth-order valence-electron chi connectivity index (χ4n) is 3.67. The molecule has 0 spiro atoms. The Morgan fingerprint density at radius 1 is 1.00 bits per heavy atom. The maximum atomic E-state index is 12.7. The molecule has 0 bridgehead atoms. The second kappa shape index (κ2) is 11.7. The summed E-state index contributed by atoms with van der Waals surface area (Å²) >= 11 is 6.04. The van der Waals surface area contributed by atoms with E-state index in [1.165, 1.54) is 4.68 Å². The van der Waals surface area contributed by atoms with Gasteiger partial charge in [0.1, 0.15) is 11.9 Å². The molecule has 1 N–H and O–H groups in total. The topological polar surface area (TPSA) is 95.7 Å². The zero-order chi connectivity index (χ0) is 25.5. The van der Waals surface area contributed by atoms with Crippen molar-refractivity contribution >= 4 is 17.6 Å². The molecule has 186 valence electrons. The van der Waals surface area contributed by atoms with E-state index in [-0.39, 0.29) is 24.7 Å². The van der Waals surface area contributed by atoms with Gasteiger partial charge in [-0.25, -0.2) is 9.48 Å². The van der Waals surface area contributed by atoms with E-state index < -0.39 is 18.2 Å². The number of rotatable bonds is 10. The highest BCUT2D eigenvalue weighted by Gasteiger charge is 2.31. The molecule has 0 amide bonds. The van der Waals surface area contributed by atoms with Crippen molar-refractivity contribution in [3.8, 4) is 11.6 Å². The molecule has 2 atom stereocenters. The van der Waals surface area contributed by atoms with Gasteiger partial charge >= 0.3 is 5.97 Å². The number of ether oxygens (including phenoxy) is 3. The van der Waals surface area contributed by atoms with E-state index in [9.17, 15) is 9.90 Å². The Hall–Kier alpha value is -3.88. The number of aromatic nitrogens is 3. The van der Waals surface area contributed by atoms with Gasteiger partial charge in [-0.15, -0.1) is 5.10 Å². The van der Waals surface area contributed by atoms with Crippen LogP contribution >= 0.6 is 11.6 Å². The Balaban J connectivity index is 1.74. The van der Waals surface area contributed by atoms with Crippen LogP contribution in [0.15, 0.2) is 78.9 Å². The van der Waals surface area contributed by atoms with Gasteiger partial charge in [-0.05, 0) is 47.9 Å². The van der Waals surface area contributed by atoms with Crippen LogP contribution in [-0.2, 0) is 11.3 Å². The van der Waals surface area contributed by atoms with Crippen LogP contribution in [0.5, 0.6) is 11.6 Å². The minimum absolute atomic E-state index is 0.0744. The highest BCUT2D eigenvalue weighted by atomic mass is 35.5. The Kier molecular flexibility index (Phi) is 8.20. The zero-order valence-electron chi connectivity index (χ0n) is 19.9. The second-order valence-corrected chi connectivity index (χ2v) is 8.35. The van der Waals surface area contributed by atoms with Crippen LogP contribution in [0.2, 0.25) is 5.02 Å². The lowest BCUT2D eigenvalue weighted by atomic mass is 9.98. The number of esters is 1. The summed E-state index contributed by atoms with van der Waals surface area (Å²) in [6, 6.07) is 23.5. The first-order valence-electron chi connectivity index (χ1n) is 11.4. The number of aliphatic hydroxyl groups is 1. The number of methoxy groups -OCH3 is 1. The van der Waals surface area contributed by atoms with Crippen molar-refractivity contribution in [2.75, 3.05) is 13.7 Å². The van der Waals surface area contributed by atoms with Crippen molar-refractivity contribution < 1.29 is 24.1 Å². The van der Waals surface area contributed by atoms with E-state index in [1.54, 1.807) is 38.3 Å². The third kappa shape index (κ3) is 5.84. The van der Waals surface area contributed by atoms with Gasteiger partial charge < -0.3 is 19.3 Å². The quantitative estimate of drug-likeness (QED) is 0.301. The number of halogens is 1. The molecule has 0 radical (unpaired) electrons. The fraction of sp³-hybridized carbons (Fsp3) is 0.222. The lowest BCUT2D eigenvalue weighted by Gasteiger charge is -2.25. The van der Waals surface area contributed by atoms with Crippen LogP contribution in [0.1, 0.15) is 46.3 Å². The van der Waals surface area contributed by atoms with Crippen LogP contribution in [0, 0.1) is 0 Å². The molecule has 4 rings (SSSR count). The van der Waals surface area contributed by atoms with Crippen LogP contribution < -0.4 is 9.47 Å². The van der Waals surface area contributed by atoms with E-state index in [4.69, 9.17) is 25.8 Å². The van der Waals surface area contributed by atoms with Gasteiger partial charge in [-0.2, -0.15) is 0 Å². The van der Waals surface area contributed by atoms with Gasteiger partial charge in [0.25, 0.3) is 0 Å². The summed E-state index contributed by atoms with van der Waals surface area (Å²) in [7, 11) is 1.60.